The molecule has 7 rings (SSSR count). The van der Waals surface area contributed by atoms with E-state index in [2.05, 4.69) is 101 Å². The van der Waals surface area contributed by atoms with Gasteiger partial charge in [-0.2, -0.15) is 0 Å². The molecule has 1 amide bonds. The van der Waals surface area contributed by atoms with Crippen LogP contribution in [0, 0.1) is 41.5 Å². The maximum atomic E-state index is 14.6. The summed E-state index contributed by atoms with van der Waals surface area (Å²) in [6.45, 7) is 12.7. The van der Waals surface area contributed by atoms with Gasteiger partial charge in [0.15, 0.2) is 17.1 Å². The van der Waals surface area contributed by atoms with Crippen LogP contribution in [0.15, 0.2) is 82.0 Å². The van der Waals surface area contributed by atoms with E-state index < -0.39 is 40.9 Å². The first kappa shape index (κ1) is 44.7. The van der Waals surface area contributed by atoms with Gasteiger partial charge in [-0.3, -0.25) is 9.59 Å². The second kappa shape index (κ2) is 17.1. The van der Waals surface area contributed by atoms with Crippen LogP contribution in [-0.4, -0.2) is 34.8 Å². The molecule has 5 aromatic carbocycles. The van der Waals surface area contributed by atoms with Crippen molar-refractivity contribution in [1.82, 2.24) is 5.32 Å². The first-order valence-corrected chi connectivity index (χ1v) is 23.1. The zero-order valence-corrected chi connectivity index (χ0v) is 39.0. The van der Waals surface area contributed by atoms with Crippen LogP contribution in [0.1, 0.15) is 54.1 Å². The van der Waals surface area contributed by atoms with E-state index in [0.29, 0.717) is 6.16 Å². The molecule has 7 nitrogen and oxygen atoms in total. The van der Waals surface area contributed by atoms with E-state index in [9.17, 15) is 24.6 Å². The van der Waals surface area contributed by atoms with Gasteiger partial charge in [0.1, 0.15) is 33.2 Å². The van der Waals surface area contributed by atoms with E-state index >= 15 is 0 Å². The largest absolute Gasteiger partial charge is 0.505 e. The monoisotopic (exact) mass is 952 g/mol. The molecule has 3 N–H and O–H groups in total. The Kier molecular flexibility index (Phi) is 12.5. The number of carboxylic acids is 1. The highest BCUT2D eigenvalue weighted by Crippen LogP contribution is 2.56. The van der Waals surface area contributed by atoms with Crippen LogP contribution in [-0.2, 0) is 0 Å². The quantitative estimate of drug-likeness (QED) is 0.0980. The Bertz CT molecular complexity index is 2850. The summed E-state index contributed by atoms with van der Waals surface area (Å²) in [5.74, 6) is -2.92. The van der Waals surface area contributed by atoms with E-state index in [1.165, 1.54) is 34.1 Å². The molecule has 0 spiro atoms. The number of nitrogens with one attached hydrogen (secondary N) is 1. The van der Waals surface area contributed by atoms with Gasteiger partial charge in [0.25, 0.3) is 5.91 Å². The molecule has 312 valence electrons. The molecule has 1 aliphatic heterocycles. The number of halogens is 6. The molecule has 0 unspecified atom stereocenters. The van der Waals surface area contributed by atoms with Crippen LogP contribution in [0.25, 0.3) is 33.4 Å². The van der Waals surface area contributed by atoms with Gasteiger partial charge in [0.2, 0.25) is 5.43 Å². The summed E-state index contributed by atoms with van der Waals surface area (Å²) in [5, 5.41) is 26.0. The van der Waals surface area contributed by atoms with E-state index in [0.717, 1.165) is 33.4 Å². The van der Waals surface area contributed by atoms with Crippen LogP contribution >= 0.6 is 76.9 Å². The minimum Gasteiger partial charge on any atom is -0.505 e. The number of carbonyl (C=O) groups is 2. The van der Waals surface area contributed by atoms with Crippen LogP contribution < -0.4 is 26.7 Å². The number of rotatable bonds is 9. The number of hydrogen-bond donors (Lipinski definition) is 3. The SMILES string of the molecule is Cc1cc(C)cc([P+](CCNC(=O)c2cc(Cl)c(C(=O)O)c(-c3c4cc(Cl)c(=O)c(Cl)c-4oc4c(Cl)c(O)c(Cl)cc34)c2Cl)(c2cc(C)cc(C)c2)c2cc(C)cc(C)c2)c1. The topological polar surface area (TPSA) is 117 Å². The maximum absolute atomic E-state index is 14.6. The molecule has 0 bridgehead atoms. The number of amides is 1. The van der Waals surface area contributed by atoms with Gasteiger partial charge < -0.3 is 19.9 Å². The van der Waals surface area contributed by atoms with Gasteiger partial charge in [-0.15, -0.1) is 0 Å². The number of fused-ring (bicyclic) bond motifs is 2. The fraction of sp³-hybridized carbons (Fsp3) is 0.170. The van der Waals surface area contributed by atoms with Gasteiger partial charge in [0.05, 0.1) is 43.9 Å². The summed E-state index contributed by atoms with van der Waals surface area (Å²) in [5.41, 5.74) is 4.85. The van der Waals surface area contributed by atoms with Crippen molar-refractivity contribution in [2.24, 2.45) is 0 Å². The van der Waals surface area contributed by atoms with E-state index in [-0.39, 0.29) is 70.6 Å². The Morgan fingerprint density at radius 1 is 0.623 bits per heavy atom. The molecule has 2 aliphatic rings. The number of carboxylic acid groups (broad SMARTS) is 1. The number of aromatic carboxylic acids is 1. The van der Waals surface area contributed by atoms with Crippen LogP contribution in [0.4, 0.5) is 0 Å². The highest BCUT2D eigenvalue weighted by molar-refractivity contribution is 7.95. The molecular weight excluding hydrogens is 918 g/mol. The molecular formula is C47H37Cl6NO6P+. The number of aromatic hydroxyl groups is 1. The first-order valence-electron chi connectivity index (χ1n) is 18.9. The van der Waals surface area contributed by atoms with Crippen LogP contribution in [0.2, 0.25) is 30.1 Å². The lowest BCUT2D eigenvalue weighted by Gasteiger charge is -2.29. The summed E-state index contributed by atoms with van der Waals surface area (Å²) in [6.07, 6.45) is 0.517. The molecule has 14 heteroatoms. The van der Waals surface area contributed by atoms with Crippen molar-refractivity contribution in [2.75, 3.05) is 12.7 Å². The van der Waals surface area contributed by atoms with Gasteiger partial charge in [0, 0.05) is 22.1 Å². The summed E-state index contributed by atoms with van der Waals surface area (Å²) < 4.78 is 5.99. The molecule has 0 fully saturated rings. The second-order valence-electron chi connectivity index (χ2n) is 15.4. The van der Waals surface area contributed by atoms with E-state index in [1.54, 1.807) is 0 Å². The highest BCUT2D eigenvalue weighted by Gasteiger charge is 2.46. The summed E-state index contributed by atoms with van der Waals surface area (Å²) in [6, 6.07) is 23.6. The first-order chi connectivity index (χ1) is 28.7. The van der Waals surface area contributed by atoms with E-state index in [1.807, 2.05) is 0 Å². The minimum absolute atomic E-state index is 0.0211. The molecule has 0 saturated carbocycles. The normalized spacial score (nSPS) is 11.7. The van der Waals surface area contributed by atoms with E-state index in [4.69, 9.17) is 74.0 Å². The fourth-order valence-electron chi connectivity index (χ4n) is 8.28. The third-order valence-corrected chi connectivity index (χ3v) is 16.9. The summed E-state index contributed by atoms with van der Waals surface area (Å²) in [4.78, 5) is 40.6. The smallest absolute Gasteiger partial charge is 0.337 e. The number of phenols is 1. The predicted molar refractivity (Wildman–Crippen MR) is 254 cm³/mol. The van der Waals surface area contributed by atoms with Crippen molar-refractivity contribution in [3.63, 3.8) is 0 Å². The Labute approximate surface area is 382 Å². The van der Waals surface area contributed by atoms with Crippen LogP contribution in [0.5, 0.6) is 5.75 Å². The number of hydrogen-bond acceptors (Lipinski definition) is 5. The third kappa shape index (κ3) is 8.11. The van der Waals surface area contributed by atoms with Crippen molar-refractivity contribution < 1.29 is 24.2 Å². The van der Waals surface area contributed by atoms with Crippen molar-refractivity contribution in [3.8, 4) is 28.2 Å². The lowest BCUT2D eigenvalue weighted by molar-refractivity contribution is 0.0697. The molecule has 0 radical (unpaired) electrons. The zero-order valence-electron chi connectivity index (χ0n) is 33.6. The average Bonchev–Trinajstić information content (AvgIpc) is 3.17. The van der Waals surface area contributed by atoms with Crippen molar-refractivity contribution in [1.29, 1.82) is 0 Å². The maximum Gasteiger partial charge on any atom is 0.337 e. The molecule has 1 heterocycles. The van der Waals surface area contributed by atoms with Crippen LogP contribution in [0.3, 0.4) is 0 Å². The molecule has 0 atom stereocenters. The molecule has 61 heavy (non-hydrogen) atoms. The number of aryl methyl sites for hydroxylation is 6. The molecule has 0 saturated heterocycles. The second-order valence-corrected chi connectivity index (χ2v) is 21.3. The predicted octanol–water partition coefficient (Wildman–Crippen LogP) is 12.5. The Hall–Kier alpha value is -4.30. The molecule has 5 aromatic rings. The average molecular weight is 956 g/mol. The minimum atomic E-state index is -2.50. The standard InChI is InChI=1S/C47H36Cl6NO6P/c1-21-9-22(2)13-27(12-21)61(28-14-23(3)10-24(4)15-28,29-16-25(5)11-26(6)17-29)8-7-54-46(57)32-20-33(48)37(47(58)59)38(39(32)51)36-30-18-34(49)42(55)40(52)44(30)60-45-31(36)19-35(50)43(56)41(45)53/h9-20H,7-8H2,1-6H3,(H2-,54,55,56,57,58,59)/p+1. The Morgan fingerprint density at radius 2 is 1.11 bits per heavy atom. The highest BCUT2D eigenvalue weighted by atomic mass is 35.5. The fourth-order valence-corrected chi connectivity index (χ4v) is 14.5. The van der Waals surface area contributed by atoms with Gasteiger partial charge in [-0.1, -0.05) is 87.8 Å². The number of carbonyl (C=O) groups excluding carboxylic acids is 1. The van der Waals surface area contributed by atoms with Crippen molar-refractivity contribution >= 4 is 116 Å². The molecule has 1 aliphatic carbocycles. The number of benzene rings is 6. The summed E-state index contributed by atoms with van der Waals surface area (Å²) >= 11 is 39.8. The summed E-state index contributed by atoms with van der Waals surface area (Å²) in [7, 11) is -2.50. The van der Waals surface area contributed by atoms with Crippen molar-refractivity contribution in [3.05, 3.63) is 158 Å². The lowest BCUT2D eigenvalue weighted by atomic mass is 9.89. The third-order valence-electron chi connectivity index (χ3n) is 10.6. The van der Waals surface area contributed by atoms with Crippen molar-refractivity contribution in [2.45, 2.75) is 41.5 Å². The van der Waals surface area contributed by atoms with Gasteiger partial charge >= 0.3 is 5.97 Å². The Morgan fingerprint density at radius 3 is 1.59 bits per heavy atom. The lowest BCUT2D eigenvalue weighted by Crippen LogP contribution is -2.38. The van der Waals surface area contributed by atoms with Gasteiger partial charge in [-0.05, 0) is 130 Å². The molecule has 0 aromatic heterocycles. The van der Waals surface area contributed by atoms with Gasteiger partial charge in [-0.25, -0.2) is 4.79 Å². The Balaban J connectivity index is 1.43. The zero-order chi connectivity index (χ0) is 44.4. The number of phenolic OH excluding ortho intramolecular Hbond substituents is 1.